The van der Waals surface area contributed by atoms with Crippen molar-refractivity contribution in [2.75, 3.05) is 5.32 Å². The van der Waals surface area contributed by atoms with Crippen molar-refractivity contribution in [2.24, 2.45) is 5.92 Å². The van der Waals surface area contributed by atoms with Crippen molar-refractivity contribution in [3.8, 4) is 0 Å². The number of hydrogen-bond acceptors (Lipinski definition) is 1. The molecule has 2 heteroatoms. The second-order valence-electron chi connectivity index (χ2n) is 4.88. The van der Waals surface area contributed by atoms with Crippen LogP contribution in [0.1, 0.15) is 30.4 Å². The highest BCUT2D eigenvalue weighted by Crippen LogP contribution is 2.40. The fraction of sp³-hybridized carbons (Fsp3) is 0.538. The molecule has 0 radical (unpaired) electrons. The maximum Gasteiger partial charge on any atom is 0.0405 e. The molecule has 0 saturated heterocycles. The lowest BCUT2D eigenvalue weighted by Gasteiger charge is -2.28. The van der Waals surface area contributed by atoms with E-state index < -0.39 is 0 Å². The topological polar surface area (TPSA) is 12.0 Å². The van der Waals surface area contributed by atoms with Crippen LogP contribution in [0.3, 0.4) is 0 Å². The fourth-order valence-electron chi connectivity index (χ4n) is 2.64. The van der Waals surface area contributed by atoms with E-state index in [2.05, 4.69) is 40.3 Å². The summed E-state index contributed by atoms with van der Waals surface area (Å²) in [4.78, 5) is 0. The van der Waals surface area contributed by atoms with Gasteiger partial charge in [-0.25, -0.2) is 0 Å². The molecule has 1 nitrogen and oxygen atoms in total. The molecule has 1 aliphatic heterocycles. The van der Waals surface area contributed by atoms with E-state index in [-0.39, 0.29) is 0 Å². The van der Waals surface area contributed by atoms with Gasteiger partial charge in [0.15, 0.2) is 0 Å². The van der Waals surface area contributed by atoms with E-state index >= 15 is 0 Å². The highest BCUT2D eigenvalue weighted by Gasteiger charge is 2.33. The number of anilines is 1. The number of fused-ring (bicyclic) bond motifs is 1. The van der Waals surface area contributed by atoms with Crippen LogP contribution in [0.2, 0.25) is 0 Å². The van der Waals surface area contributed by atoms with Gasteiger partial charge in [-0.15, -0.1) is 0 Å². The third-order valence-corrected chi connectivity index (χ3v) is 4.09. The van der Waals surface area contributed by atoms with E-state index in [0.717, 1.165) is 12.0 Å². The number of rotatable bonds is 1. The minimum atomic E-state index is 0.748. The Morgan fingerprint density at radius 2 is 2.07 bits per heavy atom. The van der Waals surface area contributed by atoms with Crippen molar-refractivity contribution < 1.29 is 0 Å². The van der Waals surface area contributed by atoms with Crippen molar-refractivity contribution in [1.82, 2.24) is 0 Å². The summed E-state index contributed by atoms with van der Waals surface area (Å²) in [5.41, 5.74) is 4.27. The molecule has 80 valence electrons. The number of nitrogens with one attached hydrogen (secondary N) is 1. The van der Waals surface area contributed by atoms with Crippen LogP contribution in [0.5, 0.6) is 0 Å². The highest BCUT2D eigenvalue weighted by atomic mass is 79.9. The number of aryl methyl sites for hydroxylation is 2. The molecule has 1 aliphatic carbocycles. The third kappa shape index (κ3) is 1.80. The van der Waals surface area contributed by atoms with Crippen molar-refractivity contribution in [3.05, 3.63) is 27.7 Å². The average Bonchev–Trinajstić information content (AvgIpc) is 3.00. The van der Waals surface area contributed by atoms with E-state index in [1.807, 2.05) is 0 Å². The minimum Gasteiger partial charge on any atom is -0.382 e. The lowest BCUT2D eigenvalue weighted by Crippen LogP contribution is -2.27. The SMILES string of the molecule is Cc1cc(Br)cc2c1NC(C1CC1)CC2. The molecule has 15 heavy (non-hydrogen) atoms. The number of benzene rings is 1. The third-order valence-electron chi connectivity index (χ3n) is 3.63. The summed E-state index contributed by atoms with van der Waals surface area (Å²) in [7, 11) is 0. The summed E-state index contributed by atoms with van der Waals surface area (Å²) in [5, 5.41) is 3.73. The molecule has 0 amide bonds. The molecule has 0 bridgehead atoms. The largest absolute Gasteiger partial charge is 0.382 e. The summed E-state index contributed by atoms with van der Waals surface area (Å²) >= 11 is 3.57. The van der Waals surface area contributed by atoms with Gasteiger partial charge >= 0.3 is 0 Å². The molecule has 1 heterocycles. The van der Waals surface area contributed by atoms with Crippen LogP contribution in [-0.2, 0) is 6.42 Å². The lowest BCUT2D eigenvalue weighted by molar-refractivity contribution is 0.569. The van der Waals surface area contributed by atoms with Crippen LogP contribution in [0, 0.1) is 12.8 Å². The van der Waals surface area contributed by atoms with Crippen molar-refractivity contribution in [1.29, 1.82) is 0 Å². The summed E-state index contributed by atoms with van der Waals surface area (Å²) in [6, 6.07) is 5.22. The summed E-state index contributed by atoms with van der Waals surface area (Å²) in [6.45, 7) is 2.20. The van der Waals surface area contributed by atoms with Gasteiger partial charge in [0.25, 0.3) is 0 Å². The lowest BCUT2D eigenvalue weighted by atomic mass is 9.93. The van der Waals surface area contributed by atoms with Gasteiger partial charge in [-0.05, 0) is 61.8 Å². The first-order valence-corrected chi connectivity index (χ1v) is 6.59. The van der Waals surface area contributed by atoms with Crippen LogP contribution in [0.25, 0.3) is 0 Å². The fourth-order valence-corrected chi connectivity index (χ4v) is 3.26. The Balaban J connectivity index is 1.93. The molecule has 2 aliphatic rings. The molecule has 1 atom stereocenters. The molecule has 1 unspecified atom stereocenters. The maximum absolute atomic E-state index is 3.73. The van der Waals surface area contributed by atoms with Gasteiger partial charge in [0.05, 0.1) is 0 Å². The second kappa shape index (κ2) is 3.51. The Kier molecular flexibility index (Phi) is 2.27. The molecule has 1 N–H and O–H groups in total. The predicted octanol–water partition coefficient (Wildman–Crippen LogP) is 3.89. The van der Waals surface area contributed by atoms with Crippen molar-refractivity contribution in [3.63, 3.8) is 0 Å². The smallest absolute Gasteiger partial charge is 0.0405 e. The number of halogens is 1. The summed E-state index contributed by atoms with van der Waals surface area (Å²) < 4.78 is 1.21. The van der Waals surface area contributed by atoms with Gasteiger partial charge < -0.3 is 5.32 Å². The predicted molar refractivity (Wildman–Crippen MR) is 67.3 cm³/mol. The Hall–Kier alpha value is -0.500. The Morgan fingerprint density at radius 1 is 1.27 bits per heavy atom. The van der Waals surface area contributed by atoms with Gasteiger partial charge in [0.2, 0.25) is 0 Å². The van der Waals surface area contributed by atoms with E-state index in [9.17, 15) is 0 Å². The molecule has 1 saturated carbocycles. The Bertz CT molecular complexity index is 396. The van der Waals surface area contributed by atoms with Gasteiger partial charge in [0, 0.05) is 16.2 Å². The Morgan fingerprint density at radius 3 is 2.80 bits per heavy atom. The molecular weight excluding hydrogens is 250 g/mol. The normalized spacial score (nSPS) is 24.5. The Labute approximate surface area is 99.4 Å². The van der Waals surface area contributed by atoms with Crippen LogP contribution in [0.15, 0.2) is 16.6 Å². The van der Waals surface area contributed by atoms with E-state index in [4.69, 9.17) is 0 Å². The molecule has 3 rings (SSSR count). The first-order chi connectivity index (χ1) is 7.24. The average molecular weight is 266 g/mol. The molecule has 1 fully saturated rings. The second-order valence-corrected chi connectivity index (χ2v) is 5.80. The van der Waals surface area contributed by atoms with E-state index in [1.54, 1.807) is 0 Å². The monoisotopic (exact) mass is 265 g/mol. The van der Waals surface area contributed by atoms with E-state index in [0.29, 0.717) is 0 Å². The molecule has 0 spiro atoms. The summed E-state index contributed by atoms with van der Waals surface area (Å²) in [6.07, 6.45) is 5.42. The van der Waals surface area contributed by atoms with Crippen molar-refractivity contribution >= 4 is 21.6 Å². The molecule has 1 aromatic carbocycles. The van der Waals surface area contributed by atoms with Crippen LogP contribution >= 0.6 is 15.9 Å². The van der Waals surface area contributed by atoms with Gasteiger partial charge in [0.1, 0.15) is 0 Å². The van der Waals surface area contributed by atoms with Crippen molar-refractivity contribution in [2.45, 2.75) is 38.6 Å². The van der Waals surface area contributed by atoms with Gasteiger partial charge in [-0.2, -0.15) is 0 Å². The standard InChI is InChI=1S/C13H16BrN/c1-8-6-11(14)7-10-4-5-12(9-2-3-9)15-13(8)10/h6-7,9,12,15H,2-5H2,1H3. The molecule has 0 aromatic heterocycles. The summed E-state index contributed by atoms with van der Waals surface area (Å²) in [5.74, 6) is 0.959. The molecular formula is C13H16BrN. The molecule has 1 aromatic rings. The zero-order chi connectivity index (χ0) is 10.4. The quantitative estimate of drug-likeness (QED) is 0.813. The van der Waals surface area contributed by atoms with Crippen LogP contribution in [-0.4, -0.2) is 6.04 Å². The van der Waals surface area contributed by atoms with Gasteiger partial charge in [-0.3, -0.25) is 0 Å². The van der Waals surface area contributed by atoms with Crippen LogP contribution < -0.4 is 5.32 Å². The highest BCUT2D eigenvalue weighted by molar-refractivity contribution is 9.10. The minimum absolute atomic E-state index is 0.748. The van der Waals surface area contributed by atoms with E-state index in [1.165, 1.54) is 47.0 Å². The zero-order valence-corrected chi connectivity index (χ0v) is 10.6. The van der Waals surface area contributed by atoms with Gasteiger partial charge in [-0.1, -0.05) is 15.9 Å². The van der Waals surface area contributed by atoms with Crippen LogP contribution in [0.4, 0.5) is 5.69 Å². The maximum atomic E-state index is 3.73. The first kappa shape index (κ1) is 9.71. The number of hydrogen-bond donors (Lipinski definition) is 1. The zero-order valence-electron chi connectivity index (χ0n) is 9.02. The first-order valence-electron chi connectivity index (χ1n) is 5.79.